The van der Waals surface area contributed by atoms with E-state index in [1.165, 1.54) is 18.3 Å². The molecule has 8 heteroatoms. The van der Waals surface area contributed by atoms with Gasteiger partial charge in [-0.15, -0.1) is 0 Å². The Labute approximate surface area is 138 Å². The number of pyridine rings is 1. The van der Waals surface area contributed by atoms with Gasteiger partial charge in [-0.05, 0) is 52.7 Å². The third-order valence-electron chi connectivity index (χ3n) is 2.48. The fraction of sp³-hybridized carbons (Fsp3) is 0.0833. The van der Waals surface area contributed by atoms with E-state index in [-0.39, 0.29) is 10.0 Å². The van der Waals surface area contributed by atoms with Gasteiger partial charge in [-0.25, -0.2) is 13.4 Å². The second-order valence-corrected chi connectivity index (χ2v) is 7.75. The summed E-state index contributed by atoms with van der Waals surface area (Å²) in [6.45, 7) is 1.88. The number of nitrogens with zero attached hydrogens (tertiary/aromatic N) is 1. The topological polar surface area (TPSA) is 59.1 Å². The molecule has 1 aromatic heterocycles. The van der Waals surface area contributed by atoms with Crippen LogP contribution in [0.2, 0.25) is 5.15 Å². The number of sulfonamides is 1. The van der Waals surface area contributed by atoms with Crippen LogP contribution >= 0.6 is 43.5 Å². The molecule has 0 aliphatic heterocycles. The first-order valence-corrected chi connectivity index (χ1v) is 8.84. The van der Waals surface area contributed by atoms with Gasteiger partial charge >= 0.3 is 0 Å². The lowest BCUT2D eigenvalue weighted by Crippen LogP contribution is -2.14. The normalized spacial score (nSPS) is 11.4. The molecule has 0 spiro atoms. The maximum Gasteiger partial charge on any atom is 0.263 e. The molecule has 0 bridgehead atoms. The van der Waals surface area contributed by atoms with E-state index >= 15 is 0 Å². The first kappa shape index (κ1) is 15.8. The molecular formula is C12H9Br2ClN2O2S. The number of halogens is 3. The summed E-state index contributed by atoms with van der Waals surface area (Å²) in [4.78, 5) is 3.94. The highest BCUT2D eigenvalue weighted by molar-refractivity contribution is 9.11. The van der Waals surface area contributed by atoms with Crippen molar-refractivity contribution in [3.8, 4) is 0 Å². The number of aromatic nitrogens is 1. The van der Waals surface area contributed by atoms with Gasteiger partial charge in [0.25, 0.3) is 10.0 Å². The maximum absolute atomic E-state index is 12.4. The minimum atomic E-state index is -3.71. The van der Waals surface area contributed by atoms with Gasteiger partial charge in [0.15, 0.2) is 0 Å². The summed E-state index contributed by atoms with van der Waals surface area (Å²) in [5.74, 6) is 0. The zero-order chi connectivity index (χ0) is 14.9. The average Bonchev–Trinajstić information content (AvgIpc) is 2.33. The summed E-state index contributed by atoms with van der Waals surface area (Å²) >= 11 is 12.3. The number of hydrogen-bond donors (Lipinski definition) is 1. The minimum absolute atomic E-state index is 0.142. The molecule has 1 N–H and O–H groups in total. The van der Waals surface area contributed by atoms with Gasteiger partial charge in [0.1, 0.15) is 10.0 Å². The molecule has 2 aromatic rings. The van der Waals surface area contributed by atoms with Crippen molar-refractivity contribution < 1.29 is 8.42 Å². The number of nitrogens with one attached hydrogen (secondary N) is 1. The summed E-state index contributed by atoms with van der Waals surface area (Å²) in [6, 6.07) is 6.25. The molecule has 1 aromatic carbocycles. The van der Waals surface area contributed by atoms with Gasteiger partial charge in [-0.3, -0.25) is 4.72 Å². The molecule has 0 unspecified atom stereocenters. The molecule has 106 valence electrons. The molecule has 20 heavy (non-hydrogen) atoms. The van der Waals surface area contributed by atoms with Crippen LogP contribution in [0.15, 0.2) is 44.3 Å². The van der Waals surface area contributed by atoms with Crippen molar-refractivity contribution in [2.24, 2.45) is 0 Å². The lowest BCUT2D eigenvalue weighted by molar-refractivity contribution is 0.600. The van der Waals surface area contributed by atoms with Crippen LogP contribution in [0.5, 0.6) is 0 Å². The lowest BCUT2D eigenvalue weighted by atomic mass is 10.2. The zero-order valence-corrected chi connectivity index (χ0v) is 14.9. The Morgan fingerprint density at radius 3 is 2.55 bits per heavy atom. The van der Waals surface area contributed by atoms with Crippen LogP contribution < -0.4 is 4.72 Å². The van der Waals surface area contributed by atoms with Gasteiger partial charge < -0.3 is 0 Å². The molecule has 0 saturated heterocycles. The average molecular weight is 441 g/mol. The molecular weight excluding hydrogens is 431 g/mol. The summed E-state index contributed by atoms with van der Waals surface area (Å²) in [7, 11) is -3.71. The predicted octanol–water partition coefficient (Wildman–Crippen LogP) is 4.37. The highest BCUT2D eigenvalue weighted by atomic mass is 79.9. The Morgan fingerprint density at radius 1 is 1.20 bits per heavy atom. The lowest BCUT2D eigenvalue weighted by Gasteiger charge is -2.11. The van der Waals surface area contributed by atoms with Crippen LogP contribution in [0.3, 0.4) is 0 Å². The summed E-state index contributed by atoms with van der Waals surface area (Å²) < 4.78 is 28.4. The number of rotatable bonds is 3. The second-order valence-electron chi connectivity index (χ2n) is 4.00. The van der Waals surface area contributed by atoms with Crippen LogP contribution in [0, 0.1) is 6.92 Å². The van der Waals surface area contributed by atoms with Gasteiger partial charge in [0.05, 0.1) is 5.69 Å². The maximum atomic E-state index is 12.4. The Kier molecular flexibility index (Phi) is 4.73. The SMILES string of the molecule is Cc1cc(Br)c(S(=O)(=O)Nc2ccnc(Cl)c2)cc1Br. The quantitative estimate of drug-likeness (QED) is 0.721. The van der Waals surface area contributed by atoms with E-state index in [1.54, 1.807) is 12.1 Å². The van der Waals surface area contributed by atoms with E-state index in [1.807, 2.05) is 6.92 Å². The van der Waals surface area contributed by atoms with Crippen LogP contribution in [0.25, 0.3) is 0 Å². The van der Waals surface area contributed by atoms with Crippen molar-refractivity contribution in [3.05, 3.63) is 50.1 Å². The molecule has 1 heterocycles. The molecule has 0 atom stereocenters. The first-order valence-electron chi connectivity index (χ1n) is 5.39. The van der Waals surface area contributed by atoms with Crippen LogP contribution in [0.1, 0.15) is 5.56 Å². The van der Waals surface area contributed by atoms with Crippen molar-refractivity contribution in [1.82, 2.24) is 4.98 Å². The first-order chi connectivity index (χ1) is 9.29. The zero-order valence-electron chi connectivity index (χ0n) is 10.2. The van der Waals surface area contributed by atoms with Crippen molar-refractivity contribution in [1.29, 1.82) is 0 Å². The monoisotopic (exact) mass is 438 g/mol. The molecule has 0 aliphatic rings. The standard InChI is InChI=1S/C12H9Br2ClN2O2S/c1-7-4-10(14)11(6-9(7)13)20(18,19)17-8-2-3-16-12(15)5-8/h2-6H,1H3,(H,16,17). The number of anilines is 1. The van der Waals surface area contributed by atoms with Crippen molar-refractivity contribution in [2.75, 3.05) is 4.72 Å². The van der Waals surface area contributed by atoms with Crippen LogP contribution in [0.4, 0.5) is 5.69 Å². The fourth-order valence-corrected chi connectivity index (χ4v) is 4.41. The van der Waals surface area contributed by atoms with Gasteiger partial charge in [-0.2, -0.15) is 0 Å². The van der Waals surface area contributed by atoms with Gasteiger partial charge in [0, 0.05) is 15.1 Å². The van der Waals surface area contributed by atoms with E-state index in [4.69, 9.17) is 11.6 Å². The Balaban J connectivity index is 2.43. The highest BCUT2D eigenvalue weighted by Gasteiger charge is 2.19. The number of aryl methyl sites for hydroxylation is 1. The van der Waals surface area contributed by atoms with Gasteiger partial charge in [-0.1, -0.05) is 27.5 Å². The Bertz CT molecular complexity index is 766. The predicted molar refractivity (Wildman–Crippen MR) is 86.6 cm³/mol. The summed E-state index contributed by atoms with van der Waals surface area (Å²) in [6.07, 6.45) is 1.43. The summed E-state index contributed by atoms with van der Waals surface area (Å²) in [5.41, 5.74) is 1.29. The fourth-order valence-electron chi connectivity index (χ4n) is 1.51. The van der Waals surface area contributed by atoms with Crippen LogP contribution in [-0.2, 0) is 10.0 Å². The molecule has 0 radical (unpaired) electrons. The van der Waals surface area contributed by atoms with Crippen molar-refractivity contribution >= 4 is 59.2 Å². The number of hydrogen-bond acceptors (Lipinski definition) is 3. The number of benzene rings is 1. The van der Waals surface area contributed by atoms with E-state index in [2.05, 4.69) is 41.6 Å². The smallest absolute Gasteiger partial charge is 0.263 e. The largest absolute Gasteiger partial charge is 0.279 e. The Hall–Kier alpha value is -0.630. The van der Waals surface area contributed by atoms with E-state index in [0.29, 0.717) is 14.6 Å². The molecule has 0 fully saturated rings. The van der Waals surface area contributed by atoms with Crippen molar-refractivity contribution in [2.45, 2.75) is 11.8 Å². The van der Waals surface area contributed by atoms with E-state index in [0.717, 1.165) is 5.56 Å². The van der Waals surface area contributed by atoms with E-state index < -0.39 is 10.0 Å². The Morgan fingerprint density at radius 2 is 1.90 bits per heavy atom. The molecule has 0 amide bonds. The van der Waals surface area contributed by atoms with Gasteiger partial charge in [0.2, 0.25) is 0 Å². The van der Waals surface area contributed by atoms with Crippen molar-refractivity contribution in [3.63, 3.8) is 0 Å². The highest BCUT2D eigenvalue weighted by Crippen LogP contribution is 2.30. The third-order valence-corrected chi connectivity index (χ3v) is 5.88. The molecule has 4 nitrogen and oxygen atoms in total. The third kappa shape index (κ3) is 3.52. The van der Waals surface area contributed by atoms with Crippen LogP contribution in [-0.4, -0.2) is 13.4 Å². The minimum Gasteiger partial charge on any atom is -0.279 e. The summed E-state index contributed by atoms with van der Waals surface area (Å²) in [5, 5.41) is 0.217. The molecule has 2 rings (SSSR count). The molecule has 0 aliphatic carbocycles. The molecule has 0 saturated carbocycles. The second kappa shape index (κ2) is 6.01. The van der Waals surface area contributed by atoms with E-state index in [9.17, 15) is 8.42 Å².